The van der Waals surface area contributed by atoms with Crippen molar-refractivity contribution in [3.63, 3.8) is 0 Å². The molecule has 0 saturated carbocycles. The van der Waals surface area contributed by atoms with Gasteiger partial charge < -0.3 is 20.4 Å². The Bertz CT molecular complexity index is 1700. The molecule has 4 N–H and O–H groups in total. The van der Waals surface area contributed by atoms with Crippen molar-refractivity contribution in [2.24, 2.45) is 4.99 Å². The Hall–Kier alpha value is -5.25. The van der Waals surface area contributed by atoms with Crippen LogP contribution in [0.5, 0.6) is 5.88 Å². The molecule has 2 aromatic heterocycles. The molecule has 5 rings (SSSR count). The highest BCUT2D eigenvalue weighted by Crippen LogP contribution is 2.34. The number of hydrogen-bond acceptors (Lipinski definition) is 6. The molecule has 0 bridgehead atoms. The highest BCUT2D eigenvalue weighted by Gasteiger charge is 2.21. The molecule has 0 aliphatic carbocycles. The monoisotopic (exact) mass is 522 g/mol. The molecular weight excluding hydrogens is 496 g/mol. The van der Waals surface area contributed by atoms with Gasteiger partial charge in [0, 0.05) is 48.5 Å². The molecular formula is C29H26N6O4. The largest absolute Gasteiger partial charge is 0.494 e. The minimum atomic E-state index is -0.473. The summed E-state index contributed by atoms with van der Waals surface area (Å²) in [6, 6.07) is 19.4. The predicted molar refractivity (Wildman–Crippen MR) is 149 cm³/mol. The van der Waals surface area contributed by atoms with Crippen LogP contribution in [0.25, 0.3) is 22.2 Å². The van der Waals surface area contributed by atoms with Gasteiger partial charge in [-0.15, -0.1) is 0 Å². The number of nitrogens with one attached hydrogen (secondary N) is 3. The van der Waals surface area contributed by atoms with Gasteiger partial charge in [0.2, 0.25) is 5.91 Å². The molecule has 1 amide bonds. The zero-order valence-electron chi connectivity index (χ0n) is 21.4. The summed E-state index contributed by atoms with van der Waals surface area (Å²) in [5.74, 6) is 0.629. The Morgan fingerprint density at radius 3 is 2.46 bits per heavy atom. The molecule has 5 aromatic rings. The zero-order chi connectivity index (χ0) is 27.5. The summed E-state index contributed by atoms with van der Waals surface area (Å²) in [7, 11) is 0. The first-order valence-corrected chi connectivity index (χ1v) is 12.4. The topological polar surface area (TPSA) is 149 Å². The van der Waals surface area contributed by atoms with Crippen molar-refractivity contribution in [2.75, 3.05) is 0 Å². The van der Waals surface area contributed by atoms with E-state index >= 15 is 0 Å². The lowest BCUT2D eigenvalue weighted by molar-refractivity contribution is -0.384. The van der Waals surface area contributed by atoms with E-state index in [1.807, 2.05) is 55.5 Å². The standard InChI is InChI=1S/C29H26N6O4/c1-3-26-31-16-25(33-26)19-8-10-21(11-9-19)32-28(20-6-4-18(5-7-20)15-30-17(2)36)27-23-14-22(35(38)39)12-13-24(23)34-29(27)37/h4-14,16,34,37H,3,15H2,1-2H3,(H,30,36)(H,31,33). The lowest BCUT2D eigenvalue weighted by Gasteiger charge is -2.10. The van der Waals surface area contributed by atoms with Crippen molar-refractivity contribution in [3.8, 4) is 17.1 Å². The van der Waals surface area contributed by atoms with Gasteiger partial charge in [0.15, 0.2) is 5.88 Å². The molecule has 0 unspecified atom stereocenters. The van der Waals surface area contributed by atoms with E-state index in [9.17, 15) is 20.0 Å². The molecule has 0 radical (unpaired) electrons. The molecule has 0 saturated heterocycles. The van der Waals surface area contributed by atoms with Gasteiger partial charge in [-0.05, 0) is 29.3 Å². The third-order valence-electron chi connectivity index (χ3n) is 6.36. The number of aromatic hydroxyl groups is 1. The number of nitrogens with zero attached hydrogens (tertiary/aromatic N) is 3. The van der Waals surface area contributed by atoms with Gasteiger partial charge in [0.05, 0.1) is 33.8 Å². The maximum atomic E-state index is 11.5. The number of aryl methyl sites for hydroxylation is 1. The van der Waals surface area contributed by atoms with Crippen LogP contribution < -0.4 is 5.32 Å². The van der Waals surface area contributed by atoms with Crippen molar-refractivity contribution in [3.05, 3.63) is 106 Å². The third kappa shape index (κ3) is 5.40. The average Bonchev–Trinajstić information content (AvgIpc) is 3.55. The molecule has 10 heteroatoms. The summed E-state index contributed by atoms with van der Waals surface area (Å²) >= 11 is 0. The number of aliphatic imine (C=N–C) groups is 1. The number of H-pyrrole nitrogens is 2. The molecule has 0 atom stereocenters. The van der Waals surface area contributed by atoms with Crippen LogP contribution in [0.1, 0.15) is 36.4 Å². The van der Waals surface area contributed by atoms with Gasteiger partial charge in [0.1, 0.15) is 5.82 Å². The number of fused-ring (bicyclic) bond motifs is 1. The second-order valence-electron chi connectivity index (χ2n) is 9.05. The van der Waals surface area contributed by atoms with Crippen LogP contribution in [0, 0.1) is 10.1 Å². The molecule has 196 valence electrons. The number of carbonyl (C=O) groups excluding carboxylic acids is 1. The van der Waals surface area contributed by atoms with E-state index in [-0.39, 0.29) is 17.5 Å². The molecule has 10 nitrogen and oxygen atoms in total. The van der Waals surface area contributed by atoms with Crippen LogP contribution in [0.3, 0.4) is 0 Å². The normalized spacial score (nSPS) is 11.6. The summed E-state index contributed by atoms with van der Waals surface area (Å²) in [5.41, 5.74) is 5.31. The van der Waals surface area contributed by atoms with Crippen LogP contribution in [0.4, 0.5) is 11.4 Å². The van der Waals surface area contributed by atoms with Crippen molar-refractivity contribution in [1.82, 2.24) is 20.3 Å². The Balaban J connectivity index is 1.61. The summed E-state index contributed by atoms with van der Waals surface area (Å²) in [5, 5.41) is 25.6. The fourth-order valence-electron chi connectivity index (χ4n) is 4.32. The van der Waals surface area contributed by atoms with Crippen molar-refractivity contribution >= 4 is 33.9 Å². The molecule has 0 aliphatic rings. The van der Waals surface area contributed by atoms with Gasteiger partial charge in [-0.3, -0.25) is 14.9 Å². The van der Waals surface area contributed by atoms with Gasteiger partial charge in [-0.1, -0.05) is 43.3 Å². The number of aromatic amines is 2. The van der Waals surface area contributed by atoms with E-state index in [2.05, 4.69) is 20.3 Å². The van der Waals surface area contributed by atoms with E-state index in [1.54, 1.807) is 12.3 Å². The van der Waals surface area contributed by atoms with E-state index in [4.69, 9.17) is 4.99 Å². The Morgan fingerprint density at radius 2 is 1.82 bits per heavy atom. The fourth-order valence-corrected chi connectivity index (χ4v) is 4.32. The number of non-ortho nitro benzene ring substituents is 1. The second kappa shape index (κ2) is 10.6. The quantitative estimate of drug-likeness (QED) is 0.120. The van der Waals surface area contributed by atoms with Gasteiger partial charge in [-0.25, -0.2) is 9.98 Å². The number of nitro groups is 1. The van der Waals surface area contributed by atoms with Crippen molar-refractivity contribution in [1.29, 1.82) is 0 Å². The highest BCUT2D eigenvalue weighted by atomic mass is 16.6. The Morgan fingerprint density at radius 1 is 1.08 bits per heavy atom. The van der Waals surface area contributed by atoms with Crippen molar-refractivity contribution in [2.45, 2.75) is 26.8 Å². The first kappa shape index (κ1) is 25.4. The van der Waals surface area contributed by atoms with Crippen LogP contribution in [-0.2, 0) is 17.8 Å². The number of amides is 1. The molecule has 39 heavy (non-hydrogen) atoms. The van der Waals surface area contributed by atoms with E-state index < -0.39 is 4.92 Å². The molecule has 0 aliphatic heterocycles. The van der Waals surface area contributed by atoms with Crippen molar-refractivity contribution < 1.29 is 14.8 Å². The minimum Gasteiger partial charge on any atom is -0.494 e. The minimum absolute atomic E-state index is 0.0943. The Kier molecular flexibility index (Phi) is 6.92. The lowest BCUT2D eigenvalue weighted by Crippen LogP contribution is -2.18. The summed E-state index contributed by atoms with van der Waals surface area (Å²) < 4.78 is 0. The number of aromatic nitrogens is 3. The molecule has 2 heterocycles. The second-order valence-corrected chi connectivity index (χ2v) is 9.05. The Labute approximate surface area is 223 Å². The number of hydrogen-bond donors (Lipinski definition) is 4. The van der Waals surface area contributed by atoms with Crippen LogP contribution in [0.15, 0.2) is 77.9 Å². The average molecular weight is 523 g/mol. The zero-order valence-corrected chi connectivity index (χ0v) is 21.4. The molecule has 0 fully saturated rings. The number of benzene rings is 3. The smallest absolute Gasteiger partial charge is 0.270 e. The fraction of sp³-hybridized carbons (Fsp3) is 0.138. The SMILES string of the molecule is CCc1ncc(-c2ccc(N=C(c3ccc(CNC(C)=O)cc3)c3c(O)[nH]c4ccc([N+](=O)[O-])cc34)cc2)[nH]1. The van der Waals surface area contributed by atoms with Crippen LogP contribution in [0.2, 0.25) is 0 Å². The van der Waals surface area contributed by atoms with E-state index in [1.165, 1.54) is 19.1 Å². The summed E-state index contributed by atoms with van der Waals surface area (Å²) in [6.45, 7) is 3.86. The maximum absolute atomic E-state index is 11.5. The summed E-state index contributed by atoms with van der Waals surface area (Å²) in [6.07, 6.45) is 2.60. The first-order chi connectivity index (χ1) is 18.8. The number of imidazole rings is 1. The number of rotatable bonds is 8. The third-order valence-corrected chi connectivity index (χ3v) is 6.36. The first-order valence-electron chi connectivity index (χ1n) is 12.4. The van der Waals surface area contributed by atoms with E-state index in [0.717, 1.165) is 29.1 Å². The van der Waals surface area contributed by atoms with E-state index in [0.29, 0.717) is 40.0 Å². The molecule has 0 spiro atoms. The molecule has 3 aromatic carbocycles. The van der Waals surface area contributed by atoms with Crippen LogP contribution in [-0.4, -0.2) is 36.6 Å². The predicted octanol–water partition coefficient (Wildman–Crippen LogP) is 5.54. The van der Waals surface area contributed by atoms with Crippen LogP contribution >= 0.6 is 0 Å². The number of carbonyl (C=O) groups is 1. The van der Waals surface area contributed by atoms with Gasteiger partial charge >= 0.3 is 0 Å². The van der Waals surface area contributed by atoms with Gasteiger partial charge in [0.25, 0.3) is 5.69 Å². The lowest BCUT2D eigenvalue weighted by atomic mass is 9.99. The highest BCUT2D eigenvalue weighted by molar-refractivity contribution is 6.22. The maximum Gasteiger partial charge on any atom is 0.270 e. The number of nitro benzene ring substituents is 1. The summed E-state index contributed by atoms with van der Waals surface area (Å²) in [4.78, 5) is 37.7. The van der Waals surface area contributed by atoms with Gasteiger partial charge in [-0.2, -0.15) is 0 Å².